The summed E-state index contributed by atoms with van der Waals surface area (Å²) in [5.74, 6) is -0.128. The summed E-state index contributed by atoms with van der Waals surface area (Å²) < 4.78 is 36.9. The van der Waals surface area contributed by atoms with E-state index in [9.17, 15) is 18.0 Å². The second-order valence-electron chi connectivity index (χ2n) is 6.36. The first kappa shape index (κ1) is 19.5. The van der Waals surface area contributed by atoms with Gasteiger partial charge in [-0.1, -0.05) is 19.3 Å². The van der Waals surface area contributed by atoms with Gasteiger partial charge in [-0.3, -0.25) is 9.69 Å². The molecule has 1 heterocycles. The van der Waals surface area contributed by atoms with Crippen LogP contribution in [-0.2, 0) is 4.79 Å². The van der Waals surface area contributed by atoms with Crippen molar-refractivity contribution < 1.29 is 18.0 Å². The normalized spacial score (nSPS) is 23.6. The van der Waals surface area contributed by atoms with Crippen molar-refractivity contribution in [3.8, 4) is 0 Å². The van der Waals surface area contributed by atoms with Crippen LogP contribution in [0.15, 0.2) is 0 Å². The Morgan fingerprint density at radius 3 is 2.23 bits per heavy atom. The summed E-state index contributed by atoms with van der Waals surface area (Å²) in [5, 5.41) is 2.94. The van der Waals surface area contributed by atoms with Crippen LogP contribution in [0.25, 0.3) is 0 Å². The third-order valence-corrected chi connectivity index (χ3v) is 4.52. The van der Waals surface area contributed by atoms with Crippen molar-refractivity contribution in [2.24, 2.45) is 5.73 Å². The molecule has 4 nitrogen and oxygen atoms in total. The van der Waals surface area contributed by atoms with Crippen molar-refractivity contribution >= 4 is 18.3 Å². The standard InChI is InChI=1S/C14H24F3N3O.ClH/c15-14(16,17)10-20-8-4-11(5-9-20)19-12(21)13(18)6-2-1-3-7-13;/h11H,1-10,18H2,(H,19,21);1H. The zero-order valence-electron chi connectivity index (χ0n) is 12.6. The fourth-order valence-corrected chi connectivity index (χ4v) is 3.23. The molecule has 1 saturated carbocycles. The SMILES string of the molecule is Cl.NC1(C(=O)NC2CCN(CC(F)(F)F)CC2)CCCCC1. The fraction of sp³-hybridized carbons (Fsp3) is 0.929. The van der Waals surface area contributed by atoms with Crippen LogP contribution in [0, 0.1) is 0 Å². The maximum Gasteiger partial charge on any atom is 0.401 e. The number of halogens is 4. The zero-order chi connectivity index (χ0) is 15.5. The molecule has 2 rings (SSSR count). The second-order valence-corrected chi connectivity index (χ2v) is 6.36. The number of nitrogens with two attached hydrogens (primary N) is 1. The van der Waals surface area contributed by atoms with Crippen molar-refractivity contribution in [3.63, 3.8) is 0 Å². The molecule has 2 aliphatic rings. The van der Waals surface area contributed by atoms with Crippen LogP contribution in [-0.4, -0.2) is 48.2 Å². The van der Waals surface area contributed by atoms with Crippen molar-refractivity contribution in [1.29, 1.82) is 0 Å². The molecule has 3 N–H and O–H groups in total. The minimum Gasteiger partial charge on any atom is -0.352 e. The number of hydrogen-bond donors (Lipinski definition) is 2. The Morgan fingerprint density at radius 2 is 1.73 bits per heavy atom. The van der Waals surface area contributed by atoms with E-state index in [-0.39, 0.29) is 24.4 Å². The average Bonchev–Trinajstić information content (AvgIpc) is 2.40. The van der Waals surface area contributed by atoms with E-state index < -0.39 is 18.3 Å². The van der Waals surface area contributed by atoms with Crippen LogP contribution < -0.4 is 11.1 Å². The summed E-state index contributed by atoms with van der Waals surface area (Å²) in [5.41, 5.74) is 5.38. The largest absolute Gasteiger partial charge is 0.401 e. The molecule has 0 aromatic heterocycles. The summed E-state index contributed by atoms with van der Waals surface area (Å²) in [6, 6.07) is -0.0515. The molecule has 0 spiro atoms. The fourth-order valence-electron chi connectivity index (χ4n) is 3.23. The molecule has 2 fully saturated rings. The predicted octanol–water partition coefficient (Wildman–Crippen LogP) is 2.21. The lowest BCUT2D eigenvalue weighted by atomic mass is 9.81. The van der Waals surface area contributed by atoms with Gasteiger partial charge in [-0.15, -0.1) is 12.4 Å². The molecule has 0 radical (unpaired) electrons. The minimum absolute atomic E-state index is 0. The molecule has 0 unspecified atom stereocenters. The summed E-state index contributed by atoms with van der Waals surface area (Å²) >= 11 is 0. The molecule has 22 heavy (non-hydrogen) atoms. The van der Waals surface area contributed by atoms with E-state index in [2.05, 4.69) is 5.32 Å². The number of alkyl halides is 3. The Balaban J connectivity index is 0.00000242. The van der Waals surface area contributed by atoms with E-state index in [1.54, 1.807) is 0 Å². The smallest absolute Gasteiger partial charge is 0.352 e. The summed E-state index contributed by atoms with van der Waals surface area (Å²) in [6.07, 6.45) is 1.40. The molecule has 1 saturated heterocycles. The highest BCUT2D eigenvalue weighted by molar-refractivity contribution is 5.86. The van der Waals surface area contributed by atoms with E-state index in [1.807, 2.05) is 0 Å². The average molecular weight is 344 g/mol. The highest BCUT2D eigenvalue weighted by Crippen LogP contribution is 2.26. The number of hydrogen-bond acceptors (Lipinski definition) is 3. The van der Waals surface area contributed by atoms with E-state index in [0.717, 1.165) is 19.3 Å². The molecule has 1 aliphatic heterocycles. The number of rotatable bonds is 3. The van der Waals surface area contributed by atoms with Crippen LogP contribution >= 0.6 is 12.4 Å². The van der Waals surface area contributed by atoms with Crippen molar-refractivity contribution in [1.82, 2.24) is 10.2 Å². The van der Waals surface area contributed by atoms with Gasteiger partial charge in [0.2, 0.25) is 5.91 Å². The monoisotopic (exact) mass is 343 g/mol. The minimum atomic E-state index is -4.15. The van der Waals surface area contributed by atoms with Crippen molar-refractivity contribution in [3.05, 3.63) is 0 Å². The van der Waals surface area contributed by atoms with Gasteiger partial charge in [-0.05, 0) is 25.7 Å². The topological polar surface area (TPSA) is 58.4 Å². The first-order valence-electron chi connectivity index (χ1n) is 7.67. The number of nitrogens with zero attached hydrogens (tertiary/aromatic N) is 1. The lowest BCUT2D eigenvalue weighted by molar-refractivity contribution is -0.148. The molecular formula is C14H25ClF3N3O. The second kappa shape index (κ2) is 7.84. The Morgan fingerprint density at radius 1 is 1.18 bits per heavy atom. The first-order valence-corrected chi connectivity index (χ1v) is 7.67. The maximum atomic E-state index is 12.3. The number of carbonyl (C=O) groups is 1. The van der Waals surface area contributed by atoms with Gasteiger partial charge in [0.15, 0.2) is 0 Å². The number of likely N-dealkylation sites (tertiary alicyclic amines) is 1. The van der Waals surface area contributed by atoms with Crippen LogP contribution in [0.3, 0.4) is 0 Å². The van der Waals surface area contributed by atoms with E-state index in [1.165, 1.54) is 4.90 Å². The molecule has 0 aromatic carbocycles. The molecule has 130 valence electrons. The predicted molar refractivity (Wildman–Crippen MR) is 80.9 cm³/mol. The van der Waals surface area contributed by atoms with E-state index >= 15 is 0 Å². The van der Waals surface area contributed by atoms with Crippen molar-refractivity contribution in [2.75, 3.05) is 19.6 Å². The number of amides is 1. The molecule has 8 heteroatoms. The maximum absolute atomic E-state index is 12.3. The lowest BCUT2D eigenvalue weighted by Gasteiger charge is -2.36. The lowest BCUT2D eigenvalue weighted by Crippen LogP contribution is -2.58. The molecule has 0 bridgehead atoms. The molecule has 1 amide bonds. The number of piperidine rings is 1. The van der Waals surface area contributed by atoms with E-state index in [0.29, 0.717) is 38.8 Å². The molecule has 1 aliphatic carbocycles. The number of carbonyl (C=O) groups excluding carboxylic acids is 1. The van der Waals surface area contributed by atoms with E-state index in [4.69, 9.17) is 5.73 Å². The Labute approximate surface area is 135 Å². The van der Waals surface area contributed by atoms with Gasteiger partial charge in [-0.25, -0.2) is 0 Å². The first-order chi connectivity index (χ1) is 9.78. The van der Waals surface area contributed by atoms with Crippen LogP contribution in [0.1, 0.15) is 44.9 Å². The Hall–Kier alpha value is -0.530. The highest BCUT2D eigenvalue weighted by atomic mass is 35.5. The third kappa shape index (κ3) is 5.59. The molecule has 0 aromatic rings. The van der Waals surface area contributed by atoms with Gasteiger partial charge in [0.05, 0.1) is 12.1 Å². The Bertz CT molecular complexity index is 365. The third-order valence-electron chi connectivity index (χ3n) is 4.52. The van der Waals surface area contributed by atoms with Gasteiger partial charge in [0.1, 0.15) is 0 Å². The van der Waals surface area contributed by atoms with Gasteiger partial charge >= 0.3 is 6.18 Å². The zero-order valence-corrected chi connectivity index (χ0v) is 13.4. The molecule has 0 atom stereocenters. The van der Waals surface area contributed by atoms with Crippen LogP contribution in [0.5, 0.6) is 0 Å². The van der Waals surface area contributed by atoms with Crippen molar-refractivity contribution in [2.45, 2.75) is 62.7 Å². The Kier molecular flexibility index (Phi) is 6.95. The number of nitrogens with one attached hydrogen (secondary N) is 1. The quantitative estimate of drug-likeness (QED) is 0.826. The summed E-state index contributed by atoms with van der Waals surface area (Å²) in [7, 11) is 0. The van der Waals surface area contributed by atoms with Gasteiger partial charge in [-0.2, -0.15) is 13.2 Å². The van der Waals surface area contributed by atoms with Crippen LogP contribution in [0.4, 0.5) is 13.2 Å². The molecular weight excluding hydrogens is 319 g/mol. The highest BCUT2D eigenvalue weighted by Gasteiger charge is 2.37. The summed E-state index contributed by atoms with van der Waals surface area (Å²) in [6.45, 7) is -0.140. The summed E-state index contributed by atoms with van der Waals surface area (Å²) in [4.78, 5) is 13.7. The van der Waals surface area contributed by atoms with Gasteiger partial charge in [0.25, 0.3) is 0 Å². The van der Waals surface area contributed by atoms with Gasteiger partial charge < -0.3 is 11.1 Å². The van der Waals surface area contributed by atoms with Gasteiger partial charge in [0, 0.05) is 19.1 Å². The van der Waals surface area contributed by atoms with Crippen LogP contribution in [0.2, 0.25) is 0 Å².